The summed E-state index contributed by atoms with van der Waals surface area (Å²) in [6, 6.07) is 9.44. The molecule has 2 aromatic carbocycles. The number of methoxy groups -OCH3 is 3. The summed E-state index contributed by atoms with van der Waals surface area (Å²) in [6.07, 6.45) is 0. The summed E-state index contributed by atoms with van der Waals surface area (Å²) < 4.78 is 17.3. The van der Waals surface area contributed by atoms with Gasteiger partial charge in [-0.05, 0) is 24.3 Å². The zero-order valence-corrected chi connectivity index (χ0v) is 20.9. The van der Waals surface area contributed by atoms with Crippen LogP contribution in [0.1, 0.15) is 11.1 Å². The third-order valence-electron chi connectivity index (χ3n) is 5.26. The quantitative estimate of drug-likeness (QED) is 0.450. The van der Waals surface area contributed by atoms with Gasteiger partial charge in [-0.25, -0.2) is 9.59 Å². The first-order valence-corrected chi connectivity index (χ1v) is 11.1. The number of rotatable bonds is 7. The number of phenolic OH excluding ortho intramolecular Hbond substituents is 1. The molecule has 3 rings (SSSR count). The minimum atomic E-state index is -1.82. The molecule has 0 aliphatic carbocycles. The number of aliphatic carboxylic acids is 2. The van der Waals surface area contributed by atoms with Crippen molar-refractivity contribution in [3.63, 3.8) is 0 Å². The summed E-state index contributed by atoms with van der Waals surface area (Å²) in [7, 11) is 4.94. The number of halogens is 1. The van der Waals surface area contributed by atoms with E-state index in [-0.39, 0.29) is 0 Å². The molecule has 0 amide bonds. The van der Waals surface area contributed by atoms with Crippen LogP contribution in [0.3, 0.4) is 0 Å². The smallest absolute Gasteiger partial charge is 0.414 e. The second-order valence-corrected chi connectivity index (χ2v) is 8.37. The first-order valence-electron chi connectivity index (χ1n) is 10.4. The molecule has 0 atom stereocenters. The highest BCUT2D eigenvalue weighted by Crippen LogP contribution is 2.35. The fourth-order valence-electron chi connectivity index (χ4n) is 3.48. The van der Waals surface area contributed by atoms with Crippen molar-refractivity contribution >= 4 is 27.9 Å². The summed E-state index contributed by atoms with van der Waals surface area (Å²) in [5, 5.41) is 24.9. The summed E-state index contributed by atoms with van der Waals surface area (Å²) in [5.74, 6) is -1.12. The summed E-state index contributed by atoms with van der Waals surface area (Å²) in [6.45, 7) is 5.33. The van der Waals surface area contributed by atoms with E-state index in [0.717, 1.165) is 60.6 Å². The molecule has 186 valence electrons. The molecule has 1 heterocycles. The van der Waals surface area contributed by atoms with Gasteiger partial charge in [0.15, 0.2) is 11.5 Å². The minimum Gasteiger partial charge on any atom is -0.508 e. The van der Waals surface area contributed by atoms with Crippen LogP contribution in [0, 0.1) is 0 Å². The van der Waals surface area contributed by atoms with Gasteiger partial charge in [0.1, 0.15) is 11.5 Å². The highest BCUT2D eigenvalue weighted by molar-refractivity contribution is 9.10. The lowest BCUT2D eigenvalue weighted by Crippen LogP contribution is -2.45. The van der Waals surface area contributed by atoms with E-state index in [9.17, 15) is 5.11 Å². The fourth-order valence-corrected chi connectivity index (χ4v) is 3.89. The number of nitrogens with zero attached hydrogens (tertiary/aromatic N) is 2. The minimum absolute atomic E-state index is 0.348. The molecule has 2 aromatic rings. The van der Waals surface area contributed by atoms with Gasteiger partial charge in [0.25, 0.3) is 0 Å². The van der Waals surface area contributed by atoms with Crippen LogP contribution in [0.25, 0.3) is 0 Å². The van der Waals surface area contributed by atoms with Crippen molar-refractivity contribution in [3.8, 4) is 23.0 Å². The maximum absolute atomic E-state index is 10.1. The van der Waals surface area contributed by atoms with Gasteiger partial charge in [0.2, 0.25) is 0 Å². The van der Waals surface area contributed by atoms with E-state index in [1.165, 1.54) is 0 Å². The average Bonchev–Trinajstić information content (AvgIpc) is 2.82. The topological polar surface area (TPSA) is 129 Å². The Kier molecular flexibility index (Phi) is 10.4. The molecule has 34 heavy (non-hydrogen) atoms. The van der Waals surface area contributed by atoms with Crippen LogP contribution < -0.4 is 14.2 Å². The molecule has 3 N–H and O–H groups in total. The maximum Gasteiger partial charge on any atom is 0.414 e. The number of piperazine rings is 1. The first-order chi connectivity index (χ1) is 16.2. The number of carbonyl (C=O) groups is 2. The molecule has 1 fully saturated rings. The average molecular weight is 541 g/mol. The Morgan fingerprint density at radius 2 is 1.26 bits per heavy atom. The van der Waals surface area contributed by atoms with Crippen LogP contribution in [0.15, 0.2) is 34.8 Å². The van der Waals surface area contributed by atoms with Crippen LogP contribution >= 0.6 is 15.9 Å². The number of carboxylic acid groups (broad SMARTS) is 2. The Morgan fingerprint density at radius 1 is 0.794 bits per heavy atom. The molecule has 10 nitrogen and oxygen atoms in total. The molecular weight excluding hydrogens is 512 g/mol. The largest absolute Gasteiger partial charge is 0.508 e. The molecule has 1 aliphatic rings. The third kappa shape index (κ3) is 7.79. The molecule has 1 aliphatic heterocycles. The number of hydrogen-bond donors (Lipinski definition) is 3. The van der Waals surface area contributed by atoms with Crippen molar-refractivity contribution in [2.75, 3.05) is 47.5 Å². The van der Waals surface area contributed by atoms with Crippen molar-refractivity contribution in [3.05, 3.63) is 45.9 Å². The van der Waals surface area contributed by atoms with Gasteiger partial charge in [-0.1, -0.05) is 15.9 Å². The molecule has 11 heteroatoms. The second kappa shape index (κ2) is 13.0. The van der Waals surface area contributed by atoms with E-state index in [1.807, 2.05) is 24.3 Å². The van der Waals surface area contributed by atoms with Gasteiger partial charge in [-0.2, -0.15) is 0 Å². The van der Waals surface area contributed by atoms with E-state index < -0.39 is 11.9 Å². The van der Waals surface area contributed by atoms with E-state index in [4.69, 9.17) is 34.0 Å². The molecule has 0 bridgehead atoms. The van der Waals surface area contributed by atoms with Gasteiger partial charge < -0.3 is 29.5 Å². The van der Waals surface area contributed by atoms with Crippen molar-refractivity contribution in [2.45, 2.75) is 13.1 Å². The number of hydrogen-bond acceptors (Lipinski definition) is 8. The van der Waals surface area contributed by atoms with Crippen molar-refractivity contribution in [2.24, 2.45) is 0 Å². The predicted octanol–water partition coefficient (Wildman–Crippen LogP) is 2.65. The third-order valence-corrected chi connectivity index (χ3v) is 5.76. The molecule has 0 aromatic heterocycles. The SMILES string of the molecule is COc1cc(OC)c(OC)cc1CN1CCN(Cc2cc(Br)ccc2O)CC1.O=C(O)C(=O)O. The molecule has 1 saturated heterocycles. The summed E-state index contributed by atoms with van der Waals surface area (Å²) >= 11 is 3.47. The van der Waals surface area contributed by atoms with E-state index >= 15 is 0 Å². The molecule has 0 unspecified atom stereocenters. The van der Waals surface area contributed by atoms with Crippen molar-refractivity contribution in [1.82, 2.24) is 9.80 Å². The monoisotopic (exact) mass is 540 g/mol. The lowest BCUT2D eigenvalue weighted by Gasteiger charge is -2.35. The fraction of sp³-hybridized carbons (Fsp3) is 0.391. The Bertz CT molecular complexity index is 981. The summed E-state index contributed by atoms with van der Waals surface area (Å²) in [4.78, 5) is 23.0. The predicted molar refractivity (Wildman–Crippen MR) is 128 cm³/mol. The van der Waals surface area contributed by atoms with Crippen LogP contribution in [0.5, 0.6) is 23.0 Å². The van der Waals surface area contributed by atoms with Gasteiger partial charge in [0, 0.05) is 60.9 Å². The summed E-state index contributed by atoms with van der Waals surface area (Å²) in [5.41, 5.74) is 2.03. The van der Waals surface area contributed by atoms with Crippen molar-refractivity contribution in [1.29, 1.82) is 0 Å². The Morgan fingerprint density at radius 3 is 1.74 bits per heavy atom. The lowest BCUT2D eigenvalue weighted by molar-refractivity contribution is -0.159. The number of carboxylic acids is 2. The Balaban J connectivity index is 0.000000604. The number of aromatic hydroxyl groups is 1. The van der Waals surface area contributed by atoms with Crippen molar-refractivity contribution < 1.29 is 39.1 Å². The van der Waals surface area contributed by atoms with E-state index in [0.29, 0.717) is 17.2 Å². The zero-order chi connectivity index (χ0) is 25.3. The van der Waals surface area contributed by atoms with Crippen LogP contribution in [-0.2, 0) is 22.7 Å². The van der Waals surface area contributed by atoms with Gasteiger partial charge in [-0.15, -0.1) is 0 Å². The molecule has 0 spiro atoms. The second-order valence-electron chi connectivity index (χ2n) is 7.45. The zero-order valence-electron chi connectivity index (χ0n) is 19.3. The van der Waals surface area contributed by atoms with Gasteiger partial charge in [-0.3, -0.25) is 9.80 Å². The Hall–Kier alpha value is -3.02. The molecule has 0 radical (unpaired) electrons. The van der Waals surface area contributed by atoms with Crippen LogP contribution in [0.2, 0.25) is 0 Å². The standard InChI is InChI=1S/C21H27BrN2O4.C2H2O4/c1-26-19-12-21(28-3)20(27-2)11-16(19)14-24-8-6-23(7-9-24)13-15-10-17(22)4-5-18(15)25;3-1(4)2(5)6/h4-5,10-12,25H,6-9,13-14H2,1-3H3;(H,3,4)(H,5,6). The highest BCUT2D eigenvalue weighted by atomic mass is 79.9. The van der Waals surface area contributed by atoms with E-state index in [1.54, 1.807) is 27.4 Å². The maximum atomic E-state index is 10.1. The Labute approximate surface area is 206 Å². The van der Waals surface area contributed by atoms with Gasteiger partial charge >= 0.3 is 11.9 Å². The molecule has 0 saturated carbocycles. The lowest BCUT2D eigenvalue weighted by atomic mass is 10.1. The van der Waals surface area contributed by atoms with Crippen LogP contribution in [0.4, 0.5) is 0 Å². The van der Waals surface area contributed by atoms with Gasteiger partial charge in [0.05, 0.1) is 21.3 Å². The number of ether oxygens (including phenoxy) is 3. The number of benzene rings is 2. The first kappa shape index (κ1) is 27.2. The highest BCUT2D eigenvalue weighted by Gasteiger charge is 2.20. The van der Waals surface area contributed by atoms with E-state index in [2.05, 4.69) is 25.7 Å². The number of phenols is 1. The normalized spacial score (nSPS) is 14.0. The van der Waals surface area contributed by atoms with Crippen LogP contribution in [-0.4, -0.2) is 84.6 Å². The molecular formula is C23H29BrN2O8.